The largest absolute Gasteiger partial charge is 0.394 e. The quantitative estimate of drug-likeness (QED) is 0.627. The summed E-state index contributed by atoms with van der Waals surface area (Å²) in [5, 5.41) is 24.3. The first-order valence-corrected chi connectivity index (χ1v) is 8.33. The lowest BCUT2D eigenvalue weighted by Gasteiger charge is -2.10. The Bertz CT molecular complexity index is 825. The van der Waals surface area contributed by atoms with Crippen molar-refractivity contribution in [3.05, 3.63) is 48.5 Å². The van der Waals surface area contributed by atoms with E-state index < -0.39 is 5.76 Å². The van der Waals surface area contributed by atoms with Crippen LogP contribution in [0.4, 0.5) is 20.2 Å². The molecule has 1 aromatic heterocycles. The molecule has 6 nitrogen and oxygen atoms in total. The van der Waals surface area contributed by atoms with E-state index in [0.717, 1.165) is 16.9 Å². The van der Waals surface area contributed by atoms with Crippen molar-refractivity contribution < 1.29 is 13.9 Å². The highest BCUT2D eigenvalue weighted by Crippen LogP contribution is 2.30. The molecule has 3 rings (SSSR count). The van der Waals surface area contributed by atoms with Crippen LogP contribution in [-0.4, -0.2) is 37.7 Å². The van der Waals surface area contributed by atoms with Crippen molar-refractivity contribution in [3.63, 3.8) is 0 Å². The number of hydrogen-bond donors (Lipinski definition) is 2. The van der Waals surface area contributed by atoms with Gasteiger partial charge in [0.05, 0.1) is 13.2 Å². The number of aliphatic hydroxyl groups is 1. The number of anilines is 2. The molecule has 25 heavy (non-hydrogen) atoms. The second-order valence-electron chi connectivity index (χ2n) is 5.01. The molecule has 0 spiro atoms. The third-order valence-electron chi connectivity index (χ3n) is 3.28. The van der Waals surface area contributed by atoms with Gasteiger partial charge in [0.2, 0.25) is 5.82 Å². The number of rotatable bonds is 7. The fourth-order valence-electron chi connectivity index (χ4n) is 2.20. The van der Waals surface area contributed by atoms with Crippen molar-refractivity contribution in [2.45, 2.75) is 17.2 Å². The lowest BCUT2D eigenvalue weighted by atomic mass is 10.1. The Labute approximate surface area is 146 Å². The zero-order valence-corrected chi connectivity index (χ0v) is 13.8. The molecule has 0 saturated heterocycles. The molecule has 0 atom stereocenters. The minimum absolute atomic E-state index is 0.0708. The van der Waals surface area contributed by atoms with E-state index in [-0.39, 0.29) is 13.2 Å². The number of halogens is 2. The number of alkyl halides is 2. The summed E-state index contributed by atoms with van der Waals surface area (Å²) >= 11 is 0.508. The van der Waals surface area contributed by atoms with Gasteiger partial charge >= 0.3 is 0 Å². The van der Waals surface area contributed by atoms with Gasteiger partial charge in [0.1, 0.15) is 0 Å². The zero-order valence-electron chi connectivity index (χ0n) is 13.0. The Balaban J connectivity index is 1.81. The molecule has 0 saturated carbocycles. The van der Waals surface area contributed by atoms with Gasteiger partial charge < -0.3 is 10.4 Å². The van der Waals surface area contributed by atoms with E-state index in [2.05, 4.69) is 20.7 Å². The van der Waals surface area contributed by atoms with Crippen LogP contribution in [-0.2, 0) is 6.54 Å². The van der Waals surface area contributed by atoms with Crippen molar-refractivity contribution >= 4 is 23.1 Å². The lowest BCUT2D eigenvalue weighted by Crippen LogP contribution is -2.05. The summed E-state index contributed by atoms with van der Waals surface area (Å²) in [6.45, 7) is 0.199. The van der Waals surface area contributed by atoms with E-state index in [1.54, 1.807) is 24.3 Å². The van der Waals surface area contributed by atoms with E-state index in [9.17, 15) is 8.78 Å². The molecule has 130 valence electrons. The second-order valence-corrected chi connectivity index (χ2v) is 6.07. The van der Waals surface area contributed by atoms with Gasteiger partial charge in [0, 0.05) is 21.8 Å². The van der Waals surface area contributed by atoms with Crippen LogP contribution >= 0.6 is 11.8 Å². The van der Waals surface area contributed by atoms with Crippen LogP contribution in [0.3, 0.4) is 0 Å². The average Bonchev–Trinajstić information content (AvgIpc) is 3.05. The number of para-hydroxylation sites is 1. The van der Waals surface area contributed by atoms with E-state index >= 15 is 0 Å². The number of tetrazole rings is 1. The molecular weight excluding hydrogens is 348 g/mol. The average molecular weight is 363 g/mol. The summed E-state index contributed by atoms with van der Waals surface area (Å²) in [5.74, 6) is -2.01. The molecule has 0 unspecified atom stereocenters. The molecule has 0 fully saturated rings. The number of thioether (sulfide) groups is 1. The maximum Gasteiger partial charge on any atom is 0.288 e. The first-order chi connectivity index (χ1) is 12.2. The molecule has 3 aromatic rings. The number of aromatic nitrogens is 4. The van der Waals surface area contributed by atoms with E-state index in [1.165, 1.54) is 4.80 Å². The standard InChI is InChI=1S/C16H15F2N5OS/c17-16(18)25-12-7-5-11(6-8-12)19-14-4-2-1-3-13(14)15-20-22-23(21-15)9-10-24/h1-8,16,19,24H,9-10H2. The van der Waals surface area contributed by atoms with Crippen LogP contribution in [0, 0.1) is 0 Å². The summed E-state index contributed by atoms with van der Waals surface area (Å²) in [4.78, 5) is 1.82. The SMILES string of the molecule is OCCn1nnc(-c2ccccc2Nc2ccc(SC(F)F)cc2)n1. The molecule has 0 amide bonds. The predicted octanol–water partition coefficient (Wildman–Crippen LogP) is 3.39. The summed E-state index contributed by atoms with van der Waals surface area (Å²) in [5.41, 5.74) is 2.27. The normalized spacial score (nSPS) is 11.0. The Morgan fingerprint density at radius 2 is 1.88 bits per heavy atom. The Hall–Kier alpha value is -2.52. The van der Waals surface area contributed by atoms with Gasteiger partial charge in [-0.1, -0.05) is 23.9 Å². The lowest BCUT2D eigenvalue weighted by molar-refractivity contribution is 0.252. The van der Waals surface area contributed by atoms with Crippen molar-refractivity contribution in [2.24, 2.45) is 0 Å². The molecular formula is C16H15F2N5OS. The molecule has 0 aliphatic heterocycles. The van der Waals surface area contributed by atoms with Crippen LogP contribution in [0.5, 0.6) is 0 Å². The maximum absolute atomic E-state index is 12.4. The van der Waals surface area contributed by atoms with E-state index in [0.29, 0.717) is 22.5 Å². The molecule has 0 radical (unpaired) electrons. The van der Waals surface area contributed by atoms with Crippen LogP contribution in [0.2, 0.25) is 0 Å². The first-order valence-electron chi connectivity index (χ1n) is 7.45. The monoisotopic (exact) mass is 363 g/mol. The molecule has 9 heteroatoms. The van der Waals surface area contributed by atoms with Crippen molar-refractivity contribution in [3.8, 4) is 11.4 Å². The minimum atomic E-state index is -2.44. The highest BCUT2D eigenvalue weighted by Gasteiger charge is 2.11. The second kappa shape index (κ2) is 8.04. The van der Waals surface area contributed by atoms with Gasteiger partial charge in [-0.25, -0.2) is 0 Å². The topological polar surface area (TPSA) is 75.9 Å². The van der Waals surface area contributed by atoms with Crippen LogP contribution in [0.1, 0.15) is 0 Å². The number of nitrogens with one attached hydrogen (secondary N) is 1. The highest BCUT2D eigenvalue weighted by atomic mass is 32.2. The smallest absolute Gasteiger partial charge is 0.288 e. The van der Waals surface area contributed by atoms with Gasteiger partial charge in [-0.15, -0.1) is 10.2 Å². The molecule has 0 aliphatic carbocycles. The predicted molar refractivity (Wildman–Crippen MR) is 91.9 cm³/mol. The minimum Gasteiger partial charge on any atom is -0.394 e. The third-order valence-corrected chi connectivity index (χ3v) is 4.00. The summed E-state index contributed by atoms with van der Waals surface area (Å²) < 4.78 is 24.8. The van der Waals surface area contributed by atoms with Crippen LogP contribution < -0.4 is 5.32 Å². The van der Waals surface area contributed by atoms with Gasteiger partial charge in [-0.2, -0.15) is 13.6 Å². The van der Waals surface area contributed by atoms with E-state index in [1.807, 2.05) is 24.3 Å². The van der Waals surface area contributed by atoms with Gasteiger partial charge in [0.25, 0.3) is 5.76 Å². The Kier molecular flexibility index (Phi) is 5.56. The van der Waals surface area contributed by atoms with Crippen molar-refractivity contribution in [1.29, 1.82) is 0 Å². The molecule has 2 aromatic carbocycles. The molecule has 0 aliphatic rings. The van der Waals surface area contributed by atoms with Crippen LogP contribution in [0.15, 0.2) is 53.4 Å². The number of nitrogens with zero attached hydrogens (tertiary/aromatic N) is 4. The Morgan fingerprint density at radius 1 is 1.12 bits per heavy atom. The van der Waals surface area contributed by atoms with Crippen LogP contribution in [0.25, 0.3) is 11.4 Å². The summed E-state index contributed by atoms with van der Waals surface area (Å²) in [6.07, 6.45) is 0. The molecule has 0 bridgehead atoms. The molecule has 2 N–H and O–H groups in total. The fraction of sp³-hybridized carbons (Fsp3) is 0.188. The van der Waals surface area contributed by atoms with Gasteiger partial charge in [-0.3, -0.25) is 0 Å². The Morgan fingerprint density at radius 3 is 2.60 bits per heavy atom. The van der Waals surface area contributed by atoms with Gasteiger partial charge in [0.15, 0.2) is 0 Å². The highest BCUT2D eigenvalue weighted by molar-refractivity contribution is 7.99. The first kappa shape index (κ1) is 17.3. The van der Waals surface area contributed by atoms with Crippen molar-refractivity contribution in [1.82, 2.24) is 20.2 Å². The van der Waals surface area contributed by atoms with Gasteiger partial charge in [-0.05, 0) is 41.6 Å². The number of benzene rings is 2. The third kappa shape index (κ3) is 4.52. The van der Waals surface area contributed by atoms with E-state index in [4.69, 9.17) is 5.11 Å². The van der Waals surface area contributed by atoms with Crippen molar-refractivity contribution in [2.75, 3.05) is 11.9 Å². The maximum atomic E-state index is 12.4. The number of aliphatic hydroxyl groups excluding tert-OH is 1. The molecule has 1 heterocycles. The summed E-state index contributed by atoms with van der Waals surface area (Å²) in [7, 11) is 0. The zero-order chi connectivity index (χ0) is 17.6. The number of hydrogen-bond acceptors (Lipinski definition) is 6. The fourth-order valence-corrected chi connectivity index (χ4v) is 2.70. The summed E-state index contributed by atoms with van der Waals surface area (Å²) in [6, 6.07) is 14.2.